The lowest BCUT2D eigenvalue weighted by atomic mass is 10.1. The van der Waals surface area contributed by atoms with Gasteiger partial charge in [-0.3, -0.25) is 0 Å². The molecule has 2 rings (SSSR count). The average molecular weight is 316 g/mol. The number of unbranched alkanes of at least 4 members (excludes halogenated alkanes) is 9. The standard InChI is InChI=1S/C19H32N4/c1-2-3-4-5-6-7-8-9-10-11-13-23-14-12-16-17(23)15-18(20)22-19(16)21/h12,14-15H,2-11,13H2,1H3,(H4,20,21,22). The van der Waals surface area contributed by atoms with Gasteiger partial charge < -0.3 is 16.0 Å². The number of anilines is 2. The minimum atomic E-state index is 0.498. The molecule has 0 saturated heterocycles. The molecule has 4 N–H and O–H groups in total. The first-order valence-electron chi connectivity index (χ1n) is 9.23. The Morgan fingerprint density at radius 1 is 0.913 bits per heavy atom. The van der Waals surface area contributed by atoms with Crippen LogP contribution < -0.4 is 11.5 Å². The minimum Gasteiger partial charge on any atom is -0.384 e. The Morgan fingerprint density at radius 2 is 1.52 bits per heavy atom. The van der Waals surface area contributed by atoms with Crippen LogP contribution in [-0.2, 0) is 6.54 Å². The Bertz CT molecular complexity index is 588. The van der Waals surface area contributed by atoms with Crippen molar-refractivity contribution in [2.45, 2.75) is 77.7 Å². The Morgan fingerprint density at radius 3 is 2.17 bits per heavy atom. The molecule has 4 heteroatoms. The average Bonchev–Trinajstić information content (AvgIpc) is 2.92. The number of nitrogens with two attached hydrogens (primary N) is 2. The number of pyridine rings is 1. The summed E-state index contributed by atoms with van der Waals surface area (Å²) < 4.78 is 2.24. The van der Waals surface area contributed by atoms with E-state index in [1.165, 1.54) is 64.2 Å². The highest BCUT2D eigenvalue weighted by atomic mass is 15.0. The van der Waals surface area contributed by atoms with E-state index in [4.69, 9.17) is 11.5 Å². The second-order valence-electron chi connectivity index (χ2n) is 6.56. The van der Waals surface area contributed by atoms with Gasteiger partial charge in [-0.1, -0.05) is 64.7 Å². The molecule has 0 atom stereocenters. The van der Waals surface area contributed by atoms with Crippen molar-refractivity contribution in [3.63, 3.8) is 0 Å². The number of nitrogens with zero attached hydrogens (tertiary/aromatic N) is 2. The number of rotatable bonds is 11. The van der Waals surface area contributed by atoms with Gasteiger partial charge in [-0.15, -0.1) is 0 Å². The predicted molar refractivity (Wildman–Crippen MR) is 100 cm³/mol. The van der Waals surface area contributed by atoms with E-state index in [0.29, 0.717) is 11.6 Å². The Kier molecular flexibility index (Phi) is 7.24. The Labute approximate surface area is 140 Å². The molecule has 2 aromatic rings. The lowest BCUT2D eigenvalue weighted by Gasteiger charge is -2.07. The van der Waals surface area contributed by atoms with E-state index in [1.54, 1.807) is 0 Å². The van der Waals surface area contributed by atoms with E-state index in [2.05, 4.69) is 22.7 Å². The molecule has 0 amide bonds. The van der Waals surface area contributed by atoms with Crippen LogP contribution in [0.5, 0.6) is 0 Å². The number of aromatic nitrogens is 2. The third-order valence-corrected chi connectivity index (χ3v) is 4.57. The molecule has 0 fully saturated rings. The highest BCUT2D eigenvalue weighted by Crippen LogP contribution is 2.23. The van der Waals surface area contributed by atoms with Crippen LogP contribution in [-0.4, -0.2) is 9.55 Å². The third-order valence-electron chi connectivity index (χ3n) is 4.57. The maximum absolute atomic E-state index is 5.92. The van der Waals surface area contributed by atoms with Crippen molar-refractivity contribution < 1.29 is 0 Å². The summed E-state index contributed by atoms with van der Waals surface area (Å²) in [6, 6.07) is 3.95. The first-order chi connectivity index (χ1) is 11.2. The van der Waals surface area contributed by atoms with Gasteiger partial charge >= 0.3 is 0 Å². The van der Waals surface area contributed by atoms with Gasteiger partial charge in [-0.05, 0) is 12.5 Å². The van der Waals surface area contributed by atoms with Gasteiger partial charge in [0.15, 0.2) is 0 Å². The van der Waals surface area contributed by atoms with E-state index in [-0.39, 0.29) is 0 Å². The van der Waals surface area contributed by atoms with Gasteiger partial charge in [0.2, 0.25) is 0 Å². The zero-order valence-corrected chi connectivity index (χ0v) is 14.6. The SMILES string of the molecule is CCCCCCCCCCCCn1ccc2c(N)nc(N)cc21. The Hall–Kier alpha value is -1.71. The zero-order chi connectivity index (χ0) is 16.5. The molecular weight excluding hydrogens is 284 g/mol. The second kappa shape index (κ2) is 9.43. The van der Waals surface area contributed by atoms with Gasteiger partial charge in [-0.2, -0.15) is 0 Å². The molecule has 0 spiro atoms. The summed E-state index contributed by atoms with van der Waals surface area (Å²) in [6.45, 7) is 3.30. The molecule has 0 saturated carbocycles. The van der Waals surface area contributed by atoms with Crippen molar-refractivity contribution in [3.8, 4) is 0 Å². The summed E-state index contributed by atoms with van der Waals surface area (Å²) in [6.07, 6.45) is 15.7. The van der Waals surface area contributed by atoms with E-state index in [1.807, 2.05) is 12.1 Å². The zero-order valence-electron chi connectivity index (χ0n) is 14.6. The number of nitrogen functional groups attached to an aromatic ring is 2. The molecule has 0 bridgehead atoms. The van der Waals surface area contributed by atoms with E-state index in [9.17, 15) is 0 Å². The minimum absolute atomic E-state index is 0.498. The summed E-state index contributed by atoms with van der Waals surface area (Å²) in [4.78, 5) is 4.11. The molecule has 2 aromatic heterocycles. The molecule has 0 aromatic carbocycles. The van der Waals surface area contributed by atoms with Gasteiger partial charge in [0, 0.05) is 24.2 Å². The maximum Gasteiger partial charge on any atom is 0.135 e. The van der Waals surface area contributed by atoms with Crippen molar-refractivity contribution >= 4 is 22.5 Å². The van der Waals surface area contributed by atoms with Gasteiger partial charge in [-0.25, -0.2) is 4.98 Å². The number of hydrogen-bond donors (Lipinski definition) is 2. The van der Waals surface area contributed by atoms with Crippen molar-refractivity contribution in [1.82, 2.24) is 9.55 Å². The van der Waals surface area contributed by atoms with Gasteiger partial charge in [0.25, 0.3) is 0 Å². The topological polar surface area (TPSA) is 69.9 Å². The fourth-order valence-electron chi connectivity index (χ4n) is 3.20. The molecule has 0 unspecified atom stereocenters. The first-order valence-corrected chi connectivity index (χ1v) is 9.23. The molecule has 0 radical (unpaired) electrons. The van der Waals surface area contributed by atoms with Crippen LogP contribution >= 0.6 is 0 Å². The summed E-state index contributed by atoms with van der Waals surface area (Å²) >= 11 is 0. The smallest absolute Gasteiger partial charge is 0.135 e. The molecule has 23 heavy (non-hydrogen) atoms. The lowest BCUT2D eigenvalue weighted by molar-refractivity contribution is 0.538. The molecule has 2 heterocycles. The van der Waals surface area contributed by atoms with E-state index in [0.717, 1.165) is 17.4 Å². The van der Waals surface area contributed by atoms with Crippen LogP contribution in [0.4, 0.5) is 11.6 Å². The van der Waals surface area contributed by atoms with Crippen LogP contribution in [0.3, 0.4) is 0 Å². The molecule has 0 aliphatic rings. The third kappa shape index (κ3) is 5.45. The van der Waals surface area contributed by atoms with Gasteiger partial charge in [0.1, 0.15) is 11.6 Å². The summed E-state index contributed by atoms with van der Waals surface area (Å²) in [7, 11) is 0. The van der Waals surface area contributed by atoms with Crippen LogP contribution in [0.25, 0.3) is 10.9 Å². The Balaban J connectivity index is 1.64. The highest BCUT2D eigenvalue weighted by molar-refractivity contribution is 5.91. The van der Waals surface area contributed by atoms with Crippen LogP contribution in [0, 0.1) is 0 Å². The van der Waals surface area contributed by atoms with Crippen LogP contribution in [0.1, 0.15) is 71.1 Å². The first kappa shape index (κ1) is 17.6. The fourth-order valence-corrected chi connectivity index (χ4v) is 3.20. The molecule has 128 valence electrons. The van der Waals surface area contributed by atoms with E-state index < -0.39 is 0 Å². The molecule has 0 aliphatic heterocycles. The van der Waals surface area contributed by atoms with Crippen LogP contribution in [0.15, 0.2) is 18.3 Å². The molecule has 0 aliphatic carbocycles. The number of aryl methyl sites for hydroxylation is 1. The van der Waals surface area contributed by atoms with E-state index >= 15 is 0 Å². The largest absolute Gasteiger partial charge is 0.384 e. The highest BCUT2D eigenvalue weighted by Gasteiger charge is 2.06. The summed E-state index contributed by atoms with van der Waals surface area (Å²) in [5.41, 5.74) is 12.8. The number of fused-ring (bicyclic) bond motifs is 1. The van der Waals surface area contributed by atoms with Gasteiger partial charge in [0.05, 0.1) is 5.52 Å². The van der Waals surface area contributed by atoms with Crippen LogP contribution in [0.2, 0.25) is 0 Å². The lowest BCUT2D eigenvalue weighted by Crippen LogP contribution is -2.00. The van der Waals surface area contributed by atoms with Crippen molar-refractivity contribution in [2.24, 2.45) is 0 Å². The van der Waals surface area contributed by atoms with Crippen molar-refractivity contribution in [2.75, 3.05) is 11.5 Å². The quantitative estimate of drug-likeness (QED) is 0.565. The maximum atomic E-state index is 5.92. The summed E-state index contributed by atoms with van der Waals surface area (Å²) in [5, 5.41) is 1.01. The number of hydrogen-bond acceptors (Lipinski definition) is 3. The fraction of sp³-hybridized carbons (Fsp3) is 0.632. The van der Waals surface area contributed by atoms with Crippen molar-refractivity contribution in [3.05, 3.63) is 18.3 Å². The molecular formula is C19H32N4. The van der Waals surface area contributed by atoms with Crippen molar-refractivity contribution in [1.29, 1.82) is 0 Å². The second-order valence-corrected chi connectivity index (χ2v) is 6.56. The monoisotopic (exact) mass is 316 g/mol. The predicted octanol–water partition coefficient (Wildman–Crippen LogP) is 5.12. The normalized spacial score (nSPS) is 11.3. The molecule has 4 nitrogen and oxygen atoms in total. The summed E-state index contributed by atoms with van der Waals surface area (Å²) in [5.74, 6) is 1.03.